The summed E-state index contributed by atoms with van der Waals surface area (Å²) in [6, 6.07) is 0.0395. The standard InChI is InChI=1S/C11H17N3O2.ClH/c15-8-5-9(12-6-8)11-13-10(14-16-11)7-3-1-2-4-7;/h7-9,12,15H,1-6H2;1H/t8-,9-;/m1./s1. The van der Waals surface area contributed by atoms with Gasteiger partial charge < -0.3 is 14.9 Å². The van der Waals surface area contributed by atoms with Crippen LogP contribution in [-0.2, 0) is 0 Å². The van der Waals surface area contributed by atoms with Crippen LogP contribution in [0.2, 0.25) is 0 Å². The number of β-amino-alcohol motifs (C(OH)–C–C–N with tert-alkyl or cyclic N) is 1. The van der Waals surface area contributed by atoms with Gasteiger partial charge in [-0.25, -0.2) is 0 Å². The van der Waals surface area contributed by atoms with E-state index in [4.69, 9.17) is 4.52 Å². The van der Waals surface area contributed by atoms with Crippen molar-refractivity contribution in [3.63, 3.8) is 0 Å². The fraction of sp³-hybridized carbons (Fsp3) is 0.818. The molecule has 2 aliphatic rings. The Kier molecular flexibility index (Phi) is 4.01. The summed E-state index contributed by atoms with van der Waals surface area (Å²) in [7, 11) is 0. The first-order chi connectivity index (χ1) is 7.83. The van der Waals surface area contributed by atoms with Crippen molar-refractivity contribution in [2.45, 2.75) is 50.2 Å². The zero-order valence-corrected chi connectivity index (χ0v) is 10.4. The first-order valence-corrected chi connectivity index (χ1v) is 6.08. The maximum atomic E-state index is 9.43. The van der Waals surface area contributed by atoms with E-state index in [9.17, 15) is 5.11 Å². The number of halogens is 1. The summed E-state index contributed by atoms with van der Waals surface area (Å²) in [5.41, 5.74) is 0. The van der Waals surface area contributed by atoms with Crippen LogP contribution < -0.4 is 5.32 Å². The minimum Gasteiger partial charge on any atom is -0.392 e. The smallest absolute Gasteiger partial charge is 0.243 e. The molecule has 1 saturated carbocycles. The second-order valence-corrected chi connectivity index (χ2v) is 4.82. The Hall–Kier alpha value is -0.650. The Morgan fingerprint density at radius 1 is 1.29 bits per heavy atom. The molecule has 1 aromatic rings. The summed E-state index contributed by atoms with van der Waals surface area (Å²) < 4.78 is 5.27. The second-order valence-electron chi connectivity index (χ2n) is 4.82. The molecule has 0 spiro atoms. The Morgan fingerprint density at radius 3 is 2.71 bits per heavy atom. The number of hydrogen-bond donors (Lipinski definition) is 2. The van der Waals surface area contributed by atoms with Crippen LogP contribution >= 0.6 is 12.4 Å². The van der Waals surface area contributed by atoms with E-state index in [0.29, 0.717) is 24.8 Å². The molecular formula is C11H18ClN3O2. The molecule has 5 nitrogen and oxygen atoms in total. The number of hydrogen-bond acceptors (Lipinski definition) is 5. The van der Waals surface area contributed by atoms with Gasteiger partial charge in [-0.1, -0.05) is 18.0 Å². The summed E-state index contributed by atoms with van der Waals surface area (Å²) in [6.07, 6.45) is 5.29. The van der Waals surface area contributed by atoms with Crippen LogP contribution in [0.25, 0.3) is 0 Å². The van der Waals surface area contributed by atoms with Gasteiger partial charge in [0.2, 0.25) is 5.89 Å². The third-order valence-electron chi connectivity index (χ3n) is 3.58. The molecule has 0 radical (unpaired) electrons. The highest BCUT2D eigenvalue weighted by Gasteiger charge is 2.29. The molecule has 17 heavy (non-hydrogen) atoms. The summed E-state index contributed by atoms with van der Waals surface area (Å²) >= 11 is 0. The van der Waals surface area contributed by atoms with Crippen LogP contribution in [0.5, 0.6) is 0 Å². The Labute approximate surface area is 106 Å². The molecule has 1 aromatic heterocycles. The number of nitrogens with one attached hydrogen (secondary N) is 1. The van der Waals surface area contributed by atoms with E-state index in [0.717, 1.165) is 5.82 Å². The average molecular weight is 260 g/mol. The SMILES string of the molecule is Cl.O[C@H]1CN[C@@H](c2nc(C3CCCC3)no2)C1. The number of aliphatic hydroxyl groups is 1. The van der Waals surface area contributed by atoms with Crippen LogP contribution in [0.3, 0.4) is 0 Å². The fourth-order valence-electron chi connectivity index (χ4n) is 2.64. The number of nitrogens with zero attached hydrogens (tertiary/aromatic N) is 2. The summed E-state index contributed by atoms with van der Waals surface area (Å²) in [5, 5.41) is 16.7. The Bertz CT molecular complexity index is 365. The van der Waals surface area contributed by atoms with Crippen molar-refractivity contribution < 1.29 is 9.63 Å². The normalized spacial score (nSPS) is 29.5. The topological polar surface area (TPSA) is 71.2 Å². The van der Waals surface area contributed by atoms with Gasteiger partial charge in [0.25, 0.3) is 0 Å². The molecule has 0 unspecified atom stereocenters. The molecule has 2 atom stereocenters. The lowest BCUT2D eigenvalue weighted by molar-refractivity contribution is 0.191. The minimum atomic E-state index is -0.285. The van der Waals surface area contributed by atoms with Gasteiger partial charge in [-0.15, -0.1) is 12.4 Å². The van der Waals surface area contributed by atoms with Crippen molar-refractivity contribution in [1.29, 1.82) is 0 Å². The van der Waals surface area contributed by atoms with E-state index in [1.807, 2.05) is 0 Å². The molecule has 2 N–H and O–H groups in total. The van der Waals surface area contributed by atoms with Gasteiger partial charge in [0, 0.05) is 12.5 Å². The van der Waals surface area contributed by atoms with Gasteiger partial charge in [-0.05, 0) is 19.3 Å². The van der Waals surface area contributed by atoms with Crippen molar-refractivity contribution in [3.05, 3.63) is 11.7 Å². The first-order valence-electron chi connectivity index (χ1n) is 6.08. The number of aliphatic hydroxyl groups excluding tert-OH is 1. The third-order valence-corrected chi connectivity index (χ3v) is 3.58. The van der Waals surface area contributed by atoms with E-state index in [2.05, 4.69) is 15.5 Å². The van der Waals surface area contributed by atoms with Gasteiger partial charge in [0.15, 0.2) is 5.82 Å². The maximum absolute atomic E-state index is 9.43. The van der Waals surface area contributed by atoms with Crippen molar-refractivity contribution in [1.82, 2.24) is 15.5 Å². The second kappa shape index (κ2) is 5.33. The Morgan fingerprint density at radius 2 is 2.06 bits per heavy atom. The molecule has 0 aromatic carbocycles. The van der Waals surface area contributed by atoms with Crippen molar-refractivity contribution >= 4 is 12.4 Å². The summed E-state index contributed by atoms with van der Waals surface area (Å²) in [4.78, 5) is 4.46. The van der Waals surface area contributed by atoms with Gasteiger partial charge in [-0.3, -0.25) is 0 Å². The van der Waals surface area contributed by atoms with Crippen molar-refractivity contribution in [2.75, 3.05) is 6.54 Å². The van der Waals surface area contributed by atoms with E-state index in [1.54, 1.807) is 0 Å². The fourth-order valence-corrected chi connectivity index (χ4v) is 2.64. The molecular weight excluding hydrogens is 242 g/mol. The van der Waals surface area contributed by atoms with Crippen LogP contribution in [-0.4, -0.2) is 27.9 Å². The van der Waals surface area contributed by atoms with Gasteiger partial charge in [0.05, 0.1) is 12.1 Å². The minimum absolute atomic E-state index is 0. The molecule has 1 saturated heterocycles. The molecule has 2 fully saturated rings. The maximum Gasteiger partial charge on any atom is 0.243 e. The third kappa shape index (κ3) is 2.61. The lowest BCUT2D eigenvalue weighted by Gasteiger charge is -2.02. The molecule has 1 aliphatic carbocycles. The predicted molar refractivity (Wildman–Crippen MR) is 64.1 cm³/mol. The van der Waals surface area contributed by atoms with Crippen molar-refractivity contribution in [2.24, 2.45) is 0 Å². The molecule has 6 heteroatoms. The van der Waals surface area contributed by atoms with Gasteiger partial charge in [-0.2, -0.15) is 4.98 Å². The zero-order valence-electron chi connectivity index (χ0n) is 9.63. The molecule has 96 valence electrons. The van der Waals surface area contributed by atoms with E-state index >= 15 is 0 Å². The average Bonchev–Trinajstić information content (AvgIpc) is 2.97. The molecule has 3 rings (SSSR count). The van der Waals surface area contributed by atoms with Crippen LogP contribution in [0.15, 0.2) is 4.52 Å². The largest absolute Gasteiger partial charge is 0.392 e. The summed E-state index contributed by atoms with van der Waals surface area (Å²) in [6.45, 7) is 0.617. The highest BCUT2D eigenvalue weighted by atomic mass is 35.5. The molecule has 0 bridgehead atoms. The lowest BCUT2D eigenvalue weighted by Crippen LogP contribution is -2.15. The molecule has 2 heterocycles. The number of rotatable bonds is 2. The van der Waals surface area contributed by atoms with Gasteiger partial charge >= 0.3 is 0 Å². The highest BCUT2D eigenvalue weighted by molar-refractivity contribution is 5.85. The van der Waals surface area contributed by atoms with Crippen LogP contribution in [0, 0.1) is 0 Å². The lowest BCUT2D eigenvalue weighted by atomic mass is 10.1. The van der Waals surface area contributed by atoms with E-state index in [-0.39, 0.29) is 24.6 Å². The van der Waals surface area contributed by atoms with Crippen LogP contribution in [0.4, 0.5) is 0 Å². The molecule has 0 amide bonds. The van der Waals surface area contributed by atoms with Crippen molar-refractivity contribution in [3.8, 4) is 0 Å². The summed E-state index contributed by atoms with van der Waals surface area (Å²) in [5.74, 6) is 1.98. The van der Waals surface area contributed by atoms with Crippen LogP contribution in [0.1, 0.15) is 55.8 Å². The zero-order chi connectivity index (χ0) is 11.0. The van der Waals surface area contributed by atoms with E-state index in [1.165, 1.54) is 25.7 Å². The molecule has 1 aliphatic heterocycles. The monoisotopic (exact) mass is 259 g/mol. The number of aromatic nitrogens is 2. The Balaban J connectivity index is 0.00000108. The highest BCUT2D eigenvalue weighted by Crippen LogP contribution is 2.33. The quantitative estimate of drug-likeness (QED) is 0.843. The predicted octanol–water partition coefficient (Wildman–Crippen LogP) is 1.54. The first kappa shape index (κ1) is 12.8. The van der Waals surface area contributed by atoms with E-state index < -0.39 is 0 Å². The van der Waals surface area contributed by atoms with Gasteiger partial charge in [0.1, 0.15) is 0 Å².